The van der Waals surface area contributed by atoms with Gasteiger partial charge in [-0.3, -0.25) is 0 Å². The summed E-state index contributed by atoms with van der Waals surface area (Å²) in [5.41, 5.74) is 0. The van der Waals surface area contributed by atoms with E-state index in [9.17, 15) is 4.79 Å². The smallest absolute Gasteiger partial charge is 0.430 e. The summed E-state index contributed by atoms with van der Waals surface area (Å²) >= 11 is 7.55. The van der Waals surface area contributed by atoms with Crippen LogP contribution >= 0.6 is 25.6 Å². The van der Waals surface area contributed by atoms with Crippen molar-refractivity contribution in [3.8, 4) is 0 Å². The van der Waals surface area contributed by atoms with Crippen molar-refractivity contribution in [3.05, 3.63) is 0 Å². The molecule has 90 valence electrons. The minimum absolute atomic E-state index is 0.0131. The van der Waals surface area contributed by atoms with E-state index in [0.717, 1.165) is 42.2 Å². The molecule has 0 atom stereocenters. The first-order valence-electron chi connectivity index (χ1n) is 5.50. The summed E-state index contributed by atoms with van der Waals surface area (Å²) in [5, 5.41) is 0. The van der Waals surface area contributed by atoms with E-state index < -0.39 is 6.09 Å². The molecule has 0 saturated heterocycles. The molecule has 15 heavy (non-hydrogen) atoms. The number of nitrogens with zero attached hydrogens (tertiary/aromatic N) is 1. The van der Waals surface area contributed by atoms with Crippen molar-refractivity contribution in [3.63, 3.8) is 0 Å². The first-order chi connectivity index (χ1) is 7.11. The van der Waals surface area contributed by atoms with Crippen LogP contribution in [0.2, 0.25) is 0 Å². The Morgan fingerprint density at radius 3 is 2.00 bits per heavy atom. The zero-order valence-electron chi connectivity index (χ0n) is 9.48. The Hall–Kier alpha value is -0.0300. The van der Waals surface area contributed by atoms with Gasteiger partial charge in [-0.25, -0.2) is 4.79 Å². The van der Waals surface area contributed by atoms with Gasteiger partial charge >= 0.3 is 6.09 Å². The molecule has 0 aromatic rings. The molecule has 3 nitrogen and oxygen atoms in total. The third kappa shape index (κ3) is 7.85. The van der Waals surface area contributed by atoms with Gasteiger partial charge in [0.15, 0.2) is 0 Å². The number of ether oxygens (including phenoxy) is 1. The number of hydrogen-bond donors (Lipinski definition) is 2. The Kier molecular flexibility index (Phi) is 9.20. The van der Waals surface area contributed by atoms with Crippen LogP contribution < -0.4 is 0 Å². The maximum Gasteiger partial charge on any atom is 0.430 e. The monoisotopic (exact) mass is 251 g/mol. The lowest BCUT2D eigenvalue weighted by atomic mass is 10.1. The minimum Gasteiger partial charge on any atom is -0.445 e. The average Bonchev–Trinajstić information content (AvgIpc) is 2.21. The van der Waals surface area contributed by atoms with Crippen molar-refractivity contribution < 1.29 is 9.53 Å². The summed E-state index contributed by atoms with van der Waals surface area (Å²) in [4.78, 5) is 11.2. The quantitative estimate of drug-likeness (QED) is 0.673. The van der Waals surface area contributed by atoms with Gasteiger partial charge in [0.25, 0.3) is 0 Å². The second kappa shape index (κ2) is 9.21. The lowest BCUT2D eigenvalue weighted by Gasteiger charge is -2.18. The van der Waals surface area contributed by atoms with Crippen LogP contribution in [0.5, 0.6) is 0 Å². The highest BCUT2D eigenvalue weighted by molar-refractivity contribution is 7.94. The topological polar surface area (TPSA) is 29.5 Å². The maximum atomic E-state index is 11.2. The lowest BCUT2D eigenvalue weighted by molar-refractivity contribution is 0.0818. The van der Waals surface area contributed by atoms with E-state index in [1.54, 1.807) is 0 Å². The zero-order chi connectivity index (χ0) is 11.7. The molecule has 0 aliphatic rings. The average molecular weight is 251 g/mol. The molecule has 0 rings (SSSR count). The molecule has 0 aliphatic carbocycles. The fourth-order valence-electron chi connectivity index (χ4n) is 1.32. The van der Waals surface area contributed by atoms with E-state index in [0.29, 0.717) is 0 Å². The summed E-state index contributed by atoms with van der Waals surface area (Å²) in [5.74, 6) is 0. The highest BCUT2D eigenvalue weighted by atomic mass is 32.2. The number of rotatable bonds is 7. The second-order valence-corrected chi connectivity index (χ2v) is 4.70. The molecule has 5 heteroatoms. The first kappa shape index (κ1) is 15.0. The third-order valence-corrected chi connectivity index (χ3v) is 2.52. The number of carbonyl (C=O) groups excluding carboxylic acids is 1. The minimum atomic E-state index is -0.487. The van der Waals surface area contributed by atoms with Crippen molar-refractivity contribution >= 4 is 31.7 Å². The second-order valence-electron chi connectivity index (χ2n) is 3.58. The lowest BCUT2D eigenvalue weighted by Crippen LogP contribution is -2.22. The van der Waals surface area contributed by atoms with Gasteiger partial charge in [-0.1, -0.05) is 39.5 Å². The SMILES string of the molecule is CCCCC(CCCC)OC(=O)N(S)S. The molecule has 0 saturated carbocycles. The van der Waals surface area contributed by atoms with Crippen LogP contribution in [-0.2, 0) is 4.74 Å². The van der Waals surface area contributed by atoms with Crippen LogP contribution in [-0.4, -0.2) is 15.9 Å². The molecule has 0 N–H and O–H groups in total. The standard InChI is InChI=1S/C10H21NO2S2/c1-3-5-7-9(8-6-4-2)13-10(12)11(14)15/h9,14-15H,3-8H2,1-2H3. The molecular weight excluding hydrogens is 230 g/mol. The van der Waals surface area contributed by atoms with Gasteiger partial charge < -0.3 is 4.74 Å². The maximum absolute atomic E-state index is 11.2. The molecule has 0 fully saturated rings. The first-order valence-corrected chi connectivity index (χ1v) is 6.30. The Morgan fingerprint density at radius 1 is 1.20 bits per heavy atom. The van der Waals surface area contributed by atoms with E-state index in [4.69, 9.17) is 4.74 Å². The highest BCUT2D eigenvalue weighted by Crippen LogP contribution is 2.15. The Bertz CT molecular complexity index is 169. The Morgan fingerprint density at radius 2 is 1.67 bits per heavy atom. The number of thiol groups is 2. The molecule has 0 spiro atoms. The van der Waals surface area contributed by atoms with E-state index in [1.807, 2.05) is 0 Å². The normalized spacial score (nSPS) is 10.5. The number of unbranched alkanes of at least 4 members (excludes halogenated alkanes) is 2. The van der Waals surface area contributed by atoms with Crippen molar-refractivity contribution in [1.29, 1.82) is 0 Å². The predicted octanol–water partition coefficient (Wildman–Crippen LogP) is 3.86. The van der Waals surface area contributed by atoms with E-state index in [-0.39, 0.29) is 6.10 Å². The number of carbonyl (C=O) groups is 1. The van der Waals surface area contributed by atoms with Gasteiger partial charge in [0.2, 0.25) is 0 Å². The third-order valence-electron chi connectivity index (χ3n) is 2.19. The Labute approximate surface area is 104 Å². The van der Waals surface area contributed by atoms with E-state index in [1.165, 1.54) is 0 Å². The summed E-state index contributed by atoms with van der Waals surface area (Å²) in [6.45, 7) is 4.25. The summed E-state index contributed by atoms with van der Waals surface area (Å²) < 4.78 is 6.13. The van der Waals surface area contributed by atoms with E-state index in [2.05, 4.69) is 39.5 Å². The van der Waals surface area contributed by atoms with Crippen molar-refractivity contribution in [2.45, 2.75) is 58.5 Å². The van der Waals surface area contributed by atoms with Crippen LogP contribution in [0, 0.1) is 0 Å². The molecule has 0 aliphatic heterocycles. The van der Waals surface area contributed by atoms with Crippen molar-refractivity contribution in [2.75, 3.05) is 0 Å². The van der Waals surface area contributed by atoms with Crippen molar-refractivity contribution in [1.82, 2.24) is 3.71 Å². The van der Waals surface area contributed by atoms with Crippen LogP contribution in [0.25, 0.3) is 0 Å². The summed E-state index contributed by atoms with van der Waals surface area (Å²) in [6.07, 6.45) is 5.78. The molecule has 1 amide bonds. The predicted molar refractivity (Wildman–Crippen MR) is 69.1 cm³/mol. The highest BCUT2D eigenvalue weighted by Gasteiger charge is 2.15. The Balaban J connectivity index is 3.93. The number of hydrogen-bond acceptors (Lipinski definition) is 4. The van der Waals surface area contributed by atoms with Gasteiger partial charge in [-0.05, 0) is 38.5 Å². The van der Waals surface area contributed by atoms with Crippen LogP contribution in [0.15, 0.2) is 0 Å². The zero-order valence-corrected chi connectivity index (χ0v) is 11.3. The van der Waals surface area contributed by atoms with Gasteiger partial charge in [0, 0.05) is 0 Å². The van der Waals surface area contributed by atoms with Gasteiger partial charge in [-0.2, -0.15) is 3.71 Å². The summed E-state index contributed by atoms with van der Waals surface area (Å²) in [6, 6.07) is 0. The molecule has 0 radical (unpaired) electrons. The molecule has 0 unspecified atom stereocenters. The molecule has 0 aromatic heterocycles. The van der Waals surface area contributed by atoms with E-state index >= 15 is 0 Å². The van der Waals surface area contributed by atoms with Crippen molar-refractivity contribution in [2.24, 2.45) is 0 Å². The molecule has 0 aromatic carbocycles. The van der Waals surface area contributed by atoms with Gasteiger partial charge in [0.05, 0.1) is 0 Å². The number of amides is 1. The largest absolute Gasteiger partial charge is 0.445 e. The fourth-order valence-corrected chi connectivity index (χ4v) is 1.41. The van der Waals surface area contributed by atoms with Crippen LogP contribution in [0.1, 0.15) is 52.4 Å². The fraction of sp³-hybridized carbons (Fsp3) is 0.900. The van der Waals surface area contributed by atoms with Gasteiger partial charge in [0.1, 0.15) is 6.10 Å². The molecule has 0 bridgehead atoms. The van der Waals surface area contributed by atoms with Gasteiger partial charge in [-0.15, -0.1) is 0 Å². The van der Waals surface area contributed by atoms with Crippen LogP contribution in [0.3, 0.4) is 0 Å². The molecular formula is C10H21NO2S2. The molecule has 0 heterocycles. The summed E-state index contributed by atoms with van der Waals surface area (Å²) in [7, 11) is 0. The van der Waals surface area contributed by atoms with Crippen LogP contribution in [0.4, 0.5) is 4.79 Å².